The minimum Gasteiger partial charge on any atom is -0.488 e. The Labute approximate surface area is 200 Å². The SMILES string of the molecule is COCCCN1C(=O)S/C(=C/c2c(OCc3ccc([N+](=O)[O-])cc3)ccc3ccccc23)C1=O. The fourth-order valence-electron chi connectivity index (χ4n) is 3.62. The van der Waals surface area contributed by atoms with E-state index in [0.717, 1.165) is 28.1 Å². The molecule has 0 aromatic heterocycles. The smallest absolute Gasteiger partial charge is 0.293 e. The number of hydrogen-bond acceptors (Lipinski definition) is 7. The van der Waals surface area contributed by atoms with Gasteiger partial charge in [0.15, 0.2) is 0 Å². The lowest BCUT2D eigenvalue weighted by Gasteiger charge is -2.13. The van der Waals surface area contributed by atoms with Gasteiger partial charge in [0.25, 0.3) is 16.8 Å². The fourth-order valence-corrected chi connectivity index (χ4v) is 4.46. The largest absolute Gasteiger partial charge is 0.488 e. The zero-order valence-corrected chi connectivity index (χ0v) is 19.2. The van der Waals surface area contributed by atoms with Crippen molar-refractivity contribution in [3.8, 4) is 5.75 Å². The molecule has 34 heavy (non-hydrogen) atoms. The van der Waals surface area contributed by atoms with Crippen molar-refractivity contribution >= 4 is 45.4 Å². The summed E-state index contributed by atoms with van der Waals surface area (Å²) in [7, 11) is 1.58. The number of ether oxygens (including phenoxy) is 2. The highest BCUT2D eigenvalue weighted by Crippen LogP contribution is 2.37. The van der Waals surface area contributed by atoms with E-state index in [2.05, 4.69) is 0 Å². The molecule has 0 atom stereocenters. The van der Waals surface area contributed by atoms with Gasteiger partial charge in [0.1, 0.15) is 12.4 Å². The Morgan fingerprint density at radius 1 is 1.06 bits per heavy atom. The number of carbonyl (C=O) groups is 2. The first-order valence-electron chi connectivity index (χ1n) is 10.6. The van der Waals surface area contributed by atoms with E-state index in [9.17, 15) is 19.7 Å². The molecule has 1 aliphatic heterocycles. The van der Waals surface area contributed by atoms with E-state index in [1.165, 1.54) is 17.0 Å². The van der Waals surface area contributed by atoms with E-state index in [1.807, 2.05) is 36.4 Å². The monoisotopic (exact) mass is 478 g/mol. The zero-order chi connectivity index (χ0) is 24.1. The molecule has 2 amide bonds. The van der Waals surface area contributed by atoms with Crippen LogP contribution in [0.15, 0.2) is 65.6 Å². The fraction of sp³-hybridized carbons (Fsp3) is 0.200. The second-order valence-electron chi connectivity index (χ2n) is 7.59. The molecular formula is C25H22N2O6S. The number of benzene rings is 3. The third-order valence-corrected chi connectivity index (χ3v) is 6.26. The summed E-state index contributed by atoms with van der Waals surface area (Å²) < 4.78 is 11.1. The van der Waals surface area contributed by atoms with Gasteiger partial charge in [-0.3, -0.25) is 24.6 Å². The van der Waals surface area contributed by atoms with Crippen LogP contribution in [0, 0.1) is 10.1 Å². The highest BCUT2D eigenvalue weighted by molar-refractivity contribution is 8.18. The van der Waals surface area contributed by atoms with E-state index >= 15 is 0 Å². The second kappa shape index (κ2) is 10.5. The van der Waals surface area contributed by atoms with Gasteiger partial charge in [-0.05, 0) is 58.8 Å². The number of amides is 2. The van der Waals surface area contributed by atoms with Gasteiger partial charge < -0.3 is 9.47 Å². The average Bonchev–Trinajstić information content (AvgIpc) is 3.11. The first-order chi connectivity index (χ1) is 16.5. The summed E-state index contributed by atoms with van der Waals surface area (Å²) in [5.74, 6) is 0.212. The summed E-state index contributed by atoms with van der Waals surface area (Å²) in [6, 6.07) is 17.6. The summed E-state index contributed by atoms with van der Waals surface area (Å²) in [5, 5.41) is 12.4. The summed E-state index contributed by atoms with van der Waals surface area (Å²) in [4.78, 5) is 37.3. The third kappa shape index (κ3) is 5.11. The van der Waals surface area contributed by atoms with Crippen molar-refractivity contribution in [1.29, 1.82) is 0 Å². The van der Waals surface area contributed by atoms with Gasteiger partial charge in [0.05, 0.1) is 9.83 Å². The molecule has 0 unspecified atom stereocenters. The van der Waals surface area contributed by atoms with Crippen LogP contribution in [-0.4, -0.2) is 41.2 Å². The molecular weight excluding hydrogens is 456 g/mol. The number of nitro benzene ring substituents is 1. The third-order valence-electron chi connectivity index (χ3n) is 5.35. The molecule has 1 fully saturated rings. The van der Waals surface area contributed by atoms with Crippen LogP contribution in [0.25, 0.3) is 16.8 Å². The molecule has 174 valence electrons. The van der Waals surface area contributed by atoms with Crippen LogP contribution in [0.5, 0.6) is 5.75 Å². The summed E-state index contributed by atoms with van der Waals surface area (Å²) in [5.41, 5.74) is 1.47. The van der Waals surface area contributed by atoms with Gasteiger partial charge in [0.2, 0.25) is 0 Å². The number of carbonyl (C=O) groups excluding carboxylic acids is 2. The Bertz CT molecular complexity index is 1270. The van der Waals surface area contributed by atoms with Crippen molar-refractivity contribution < 1.29 is 24.0 Å². The van der Waals surface area contributed by atoms with Crippen LogP contribution in [0.4, 0.5) is 10.5 Å². The van der Waals surface area contributed by atoms with E-state index in [1.54, 1.807) is 25.3 Å². The summed E-state index contributed by atoms with van der Waals surface area (Å²) >= 11 is 0.909. The lowest BCUT2D eigenvalue weighted by molar-refractivity contribution is -0.384. The van der Waals surface area contributed by atoms with E-state index in [4.69, 9.17) is 9.47 Å². The van der Waals surface area contributed by atoms with E-state index in [-0.39, 0.29) is 23.4 Å². The van der Waals surface area contributed by atoms with Gasteiger partial charge in [0, 0.05) is 38.0 Å². The van der Waals surface area contributed by atoms with Crippen LogP contribution in [-0.2, 0) is 16.1 Å². The van der Waals surface area contributed by atoms with E-state index in [0.29, 0.717) is 35.8 Å². The normalized spacial score (nSPS) is 14.9. The number of methoxy groups -OCH3 is 1. The Kier molecular flexibility index (Phi) is 7.24. The number of rotatable bonds is 9. The van der Waals surface area contributed by atoms with Gasteiger partial charge in [-0.25, -0.2) is 0 Å². The van der Waals surface area contributed by atoms with Gasteiger partial charge >= 0.3 is 0 Å². The number of hydrogen-bond donors (Lipinski definition) is 0. The summed E-state index contributed by atoms with van der Waals surface area (Å²) in [6.07, 6.45) is 2.27. The Morgan fingerprint density at radius 3 is 2.56 bits per heavy atom. The van der Waals surface area contributed by atoms with Crippen molar-refractivity contribution in [3.05, 3.63) is 86.8 Å². The minimum absolute atomic E-state index is 0.0105. The first-order valence-corrected chi connectivity index (χ1v) is 11.4. The molecule has 0 bridgehead atoms. The number of fused-ring (bicyclic) bond motifs is 1. The van der Waals surface area contributed by atoms with Crippen molar-refractivity contribution in [3.63, 3.8) is 0 Å². The molecule has 0 saturated carbocycles. The topological polar surface area (TPSA) is 99.0 Å². The molecule has 3 aromatic carbocycles. The predicted molar refractivity (Wildman–Crippen MR) is 131 cm³/mol. The van der Waals surface area contributed by atoms with Crippen LogP contribution < -0.4 is 4.74 Å². The van der Waals surface area contributed by atoms with Crippen LogP contribution in [0.3, 0.4) is 0 Å². The first kappa shape index (κ1) is 23.5. The number of imide groups is 1. The highest BCUT2D eigenvalue weighted by Gasteiger charge is 2.34. The lowest BCUT2D eigenvalue weighted by atomic mass is 10.0. The Balaban J connectivity index is 1.63. The maximum Gasteiger partial charge on any atom is 0.293 e. The average molecular weight is 479 g/mol. The van der Waals surface area contributed by atoms with E-state index < -0.39 is 4.92 Å². The molecule has 1 heterocycles. The molecule has 0 spiro atoms. The van der Waals surface area contributed by atoms with Crippen molar-refractivity contribution in [2.45, 2.75) is 13.0 Å². The quantitative estimate of drug-likeness (QED) is 0.176. The standard InChI is InChI=1S/C25H22N2O6S/c1-32-14-4-13-26-24(28)23(34-25(26)29)15-21-20-6-3-2-5-18(20)9-12-22(21)33-16-17-7-10-19(11-8-17)27(30)31/h2-3,5-12,15H,4,13-14,16H2,1H3/b23-15+. The number of nitro groups is 1. The minimum atomic E-state index is -0.450. The molecule has 0 radical (unpaired) electrons. The molecule has 1 aliphatic rings. The van der Waals surface area contributed by atoms with Gasteiger partial charge in [-0.2, -0.15) is 0 Å². The Hall–Kier alpha value is -3.69. The molecule has 0 N–H and O–H groups in total. The molecule has 9 heteroatoms. The van der Waals surface area contributed by atoms with Crippen molar-refractivity contribution in [2.75, 3.05) is 20.3 Å². The zero-order valence-electron chi connectivity index (χ0n) is 18.4. The van der Waals surface area contributed by atoms with Gasteiger partial charge in [-0.1, -0.05) is 30.3 Å². The van der Waals surface area contributed by atoms with Crippen LogP contribution in [0.1, 0.15) is 17.5 Å². The lowest BCUT2D eigenvalue weighted by Crippen LogP contribution is -2.29. The number of thioether (sulfide) groups is 1. The maximum absolute atomic E-state index is 12.9. The molecule has 4 rings (SSSR count). The molecule has 0 aliphatic carbocycles. The van der Waals surface area contributed by atoms with Crippen molar-refractivity contribution in [2.24, 2.45) is 0 Å². The molecule has 1 saturated heterocycles. The second-order valence-corrected chi connectivity index (χ2v) is 8.58. The summed E-state index contributed by atoms with van der Waals surface area (Å²) in [6.45, 7) is 0.954. The van der Waals surface area contributed by atoms with Crippen LogP contribution >= 0.6 is 11.8 Å². The van der Waals surface area contributed by atoms with Gasteiger partial charge in [-0.15, -0.1) is 0 Å². The van der Waals surface area contributed by atoms with Crippen molar-refractivity contribution in [1.82, 2.24) is 4.90 Å². The molecule has 3 aromatic rings. The van der Waals surface area contributed by atoms with Crippen LogP contribution in [0.2, 0.25) is 0 Å². The number of non-ortho nitro benzene ring substituents is 1. The Morgan fingerprint density at radius 2 is 1.82 bits per heavy atom. The number of nitrogens with zero attached hydrogens (tertiary/aromatic N) is 2. The predicted octanol–water partition coefficient (Wildman–Crippen LogP) is 5.40. The molecule has 8 nitrogen and oxygen atoms in total. The maximum atomic E-state index is 12.9. The highest BCUT2D eigenvalue weighted by atomic mass is 32.2.